The molecule has 188 valence electrons. The third-order valence-corrected chi connectivity index (χ3v) is 5.99. The number of hydrogen-bond acceptors (Lipinski definition) is 9. The highest BCUT2D eigenvalue weighted by molar-refractivity contribution is 6.04. The van der Waals surface area contributed by atoms with E-state index in [-0.39, 0.29) is 5.91 Å². The van der Waals surface area contributed by atoms with Gasteiger partial charge in [0.25, 0.3) is 5.91 Å². The monoisotopic (exact) mass is 497 g/mol. The van der Waals surface area contributed by atoms with Crippen molar-refractivity contribution >= 4 is 29.0 Å². The number of morpholine rings is 1. The van der Waals surface area contributed by atoms with Crippen LogP contribution in [0.5, 0.6) is 5.75 Å². The van der Waals surface area contributed by atoms with Crippen LogP contribution in [0.25, 0.3) is 11.3 Å². The molecule has 1 fully saturated rings. The molecule has 4 aromatic rings. The van der Waals surface area contributed by atoms with Crippen LogP contribution in [0.4, 0.5) is 23.1 Å². The number of aryl methyl sites for hydroxylation is 1. The zero-order valence-corrected chi connectivity index (χ0v) is 20.6. The van der Waals surface area contributed by atoms with E-state index in [2.05, 4.69) is 35.5 Å². The number of rotatable bonds is 7. The van der Waals surface area contributed by atoms with E-state index < -0.39 is 0 Å². The lowest BCUT2D eigenvalue weighted by Gasteiger charge is -2.27. The van der Waals surface area contributed by atoms with Crippen molar-refractivity contribution in [2.75, 3.05) is 48.9 Å². The first kappa shape index (κ1) is 24.1. The van der Waals surface area contributed by atoms with Gasteiger partial charge < -0.3 is 25.0 Å². The van der Waals surface area contributed by atoms with Crippen LogP contribution in [0.3, 0.4) is 0 Å². The minimum Gasteiger partial charge on any atom is -0.495 e. The average molecular weight is 498 g/mol. The van der Waals surface area contributed by atoms with Crippen molar-refractivity contribution in [3.63, 3.8) is 0 Å². The first-order valence-corrected chi connectivity index (χ1v) is 11.9. The molecule has 1 aromatic carbocycles. The Morgan fingerprint density at radius 2 is 1.89 bits per heavy atom. The van der Waals surface area contributed by atoms with E-state index in [4.69, 9.17) is 9.47 Å². The van der Waals surface area contributed by atoms with Gasteiger partial charge in [-0.25, -0.2) is 15.0 Å². The van der Waals surface area contributed by atoms with Gasteiger partial charge in [-0.2, -0.15) is 0 Å². The molecule has 2 N–H and O–H groups in total. The van der Waals surface area contributed by atoms with Gasteiger partial charge in [0.2, 0.25) is 5.95 Å². The summed E-state index contributed by atoms with van der Waals surface area (Å²) in [5, 5.41) is 6.20. The molecule has 5 rings (SSSR count). The Bertz CT molecular complexity index is 1390. The van der Waals surface area contributed by atoms with Crippen molar-refractivity contribution in [2.45, 2.75) is 6.92 Å². The van der Waals surface area contributed by atoms with Crippen LogP contribution in [0.1, 0.15) is 15.9 Å². The maximum atomic E-state index is 12.9. The van der Waals surface area contributed by atoms with Crippen LogP contribution < -0.4 is 20.3 Å². The Hall–Kier alpha value is -4.57. The molecule has 10 nitrogen and oxygen atoms in total. The summed E-state index contributed by atoms with van der Waals surface area (Å²) in [6.45, 7) is 4.92. The van der Waals surface area contributed by atoms with Gasteiger partial charge in [-0.05, 0) is 48.9 Å². The summed E-state index contributed by atoms with van der Waals surface area (Å²) >= 11 is 0. The van der Waals surface area contributed by atoms with E-state index >= 15 is 0 Å². The van der Waals surface area contributed by atoms with Crippen molar-refractivity contribution < 1.29 is 14.3 Å². The highest BCUT2D eigenvalue weighted by Gasteiger charge is 2.14. The number of ether oxygens (including phenoxy) is 2. The van der Waals surface area contributed by atoms with Crippen molar-refractivity contribution in [2.24, 2.45) is 0 Å². The second-order valence-electron chi connectivity index (χ2n) is 8.49. The van der Waals surface area contributed by atoms with Gasteiger partial charge >= 0.3 is 0 Å². The summed E-state index contributed by atoms with van der Waals surface area (Å²) in [7, 11) is 1.60. The van der Waals surface area contributed by atoms with Gasteiger partial charge in [0.1, 0.15) is 11.6 Å². The van der Waals surface area contributed by atoms with Crippen molar-refractivity contribution in [1.82, 2.24) is 19.9 Å². The summed E-state index contributed by atoms with van der Waals surface area (Å²) in [4.78, 5) is 32.6. The Morgan fingerprint density at radius 1 is 1.03 bits per heavy atom. The van der Waals surface area contributed by atoms with E-state index in [1.165, 1.54) is 0 Å². The number of anilines is 4. The lowest BCUT2D eigenvalue weighted by molar-refractivity contribution is 0.102. The zero-order chi connectivity index (χ0) is 25.6. The molecule has 1 amide bonds. The molecule has 0 saturated carbocycles. The van der Waals surface area contributed by atoms with Crippen molar-refractivity contribution in [1.29, 1.82) is 0 Å². The summed E-state index contributed by atoms with van der Waals surface area (Å²) in [6.07, 6.45) is 6.64. The molecular weight excluding hydrogens is 470 g/mol. The molecule has 0 unspecified atom stereocenters. The Kier molecular flexibility index (Phi) is 7.18. The third kappa shape index (κ3) is 5.81. The first-order valence-electron chi connectivity index (χ1n) is 11.9. The number of nitrogens with one attached hydrogen (secondary N) is 2. The van der Waals surface area contributed by atoms with Gasteiger partial charge in [-0.15, -0.1) is 0 Å². The molecular formula is C27H27N7O3. The Morgan fingerprint density at radius 3 is 2.68 bits per heavy atom. The molecule has 1 aliphatic rings. The summed E-state index contributed by atoms with van der Waals surface area (Å²) < 4.78 is 10.6. The second-order valence-corrected chi connectivity index (χ2v) is 8.49. The van der Waals surface area contributed by atoms with Gasteiger partial charge in [0.15, 0.2) is 0 Å². The zero-order valence-electron chi connectivity index (χ0n) is 20.6. The van der Waals surface area contributed by atoms with E-state index in [9.17, 15) is 4.79 Å². The lowest BCUT2D eigenvalue weighted by Crippen LogP contribution is -2.36. The standard InChI is InChI=1S/C27H27N7O3/c1-18-3-5-21(31-26(35)19-4-6-25(30-16-19)34-9-11-37-12-10-34)14-24(18)33-27-29-8-7-23(32-27)20-13-22(36-2)17-28-15-20/h3-8,13-17H,9-12H2,1-2H3,(H,31,35)(H,29,32,33). The maximum absolute atomic E-state index is 12.9. The fraction of sp³-hybridized carbons (Fsp3) is 0.222. The maximum Gasteiger partial charge on any atom is 0.257 e. The number of carbonyl (C=O) groups is 1. The summed E-state index contributed by atoms with van der Waals surface area (Å²) in [5.41, 5.74) is 4.40. The van der Waals surface area contributed by atoms with Gasteiger partial charge in [-0.1, -0.05) is 6.07 Å². The number of hydrogen-bond donors (Lipinski definition) is 2. The van der Waals surface area contributed by atoms with Gasteiger partial charge in [0.05, 0.1) is 37.8 Å². The van der Waals surface area contributed by atoms with Crippen LogP contribution in [0.2, 0.25) is 0 Å². The first-order chi connectivity index (χ1) is 18.1. The number of nitrogens with zero attached hydrogens (tertiary/aromatic N) is 5. The van der Waals surface area contributed by atoms with Crippen LogP contribution in [0, 0.1) is 6.92 Å². The number of pyridine rings is 2. The van der Waals surface area contributed by atoms with E-state index in [0.717, 1.165) is 35.7 Å². The Labute approximate surface area is 214 Å². The smallest absolute Gasteiger partial charge is 0.257 e. The van der Waals surface area contributed by atoms with Crippen LogP contribution in [-0.2, 0) is 4.74 Å². The van der Waals surface area contributed by atoms with Crippen molar-refractivity contribution in [3.05, 3.63) is 78.4 Å². The minimum atomic E-state index is -0.236. The molecule has 10 heteroatoms. The molecule has 37 heavy (non-hydrogen) atoms. The molecule has 0 spiro atoms. The topological polar surface area (TPSA) is 114 Å². The molecule has 0 atom stereocenters. The highest BCUT2D eigenvalue weighted by atomic mass is 16.5. The minimum absolute atomic E-state index is 0.236. The molecule has 0 radical (unpaired) electrons. The second kappa shape index (κ2) is 11.0. The molecule has 1 aliphatic heterocycles. The largest absolute Gasteiger partial charge is 0.495 e. The highest BCUT2D eigenvalue weighted by Crippen LogP contribution is 2.26. The number of aromatic nitrogens is 4. The number of carbonyl (C=O) groups excluding carboxylic acids is 1. The number of amides is 1. The summed E-state index contributed by atoms with van der Waals surface area (Å²) in [5.74, 6) is 1.68. The molecule has 3 aromatic heterocycles. The third-order valence-electron chi connectivity index (χ3n) is 5.99. The van der Waals surface area contributed by atoms with Crippen LogP contribution in [-0.4, -0.2) is 59.3 Å². The fourth-order valence-corrected chi connectivity index (χ4v) is 3.91. The van der Waals surface area contributed by atoms with E-state index in [0.29, 0.717) is 41.9 Å². The average Bonchev–Trinajstić information content (AvgIpc) is 2.95. The summed E-state index contributed by atoms with van der Waals surface area (Å²) in [6, 6.07) is 13.0. The van der Waals surface area contributed by atoms with E-state index in [1.807, 2.05) is 43.3 Å². The predicted octanol–water partition coefficient (Wildman–Crippen LogP) is 4.08. The predicted molar refractivity (Wildman–Crippen MR) is 141 cm³/mol. The van der Waals surface area contributed by atoms with Gasteiger partial charge in [0, 0.05) is 48.6 Å². The SMILES string of the molecule is COc1cncc(-c2ccnc(Nc3cc(NC(=O)c4ccc(N5CCOCC5)nc4)ccc3C)n2)c1. The molecule has 0 bridgehead atoms. The molecule has 0 aliphatic carbocycles. The van der Waals surface area contributed by atoms with E-state index in [1.54, 1.807) is 38.0 Å². The fourth-order valence-electron chi connectivity index (χ4n) is 3.91. The molecule has 1 saturated heterocycles. The lowest BCUT2D eigenvalue weighted by atomic mass is 10.1. The van der Waals surface area contributed by atoms with Crippen molar-refractivity contribution in [3.8, 4) is 17.0 Å². The number of methoxy groups -OCH3 is 1. The number of benzene rings is 1. The quantitative estimate of drug-likeness (QED) is 0.390. The van der Waals surface area contributed by atoms with Crippen LogP contribution >= 0.6 is 0 Å². The normalized spacial score (nSPS) is 13.2. The Balaban J connectivity index is 1.29. The molecule has 4 heterocycles. The van der Waals surface area contributed by atoms with Gasteiger partial charge in [-0.3, -0.25) is 9.78 Å². The van der Waals surface area contributed by atoms with Crippen LogP contribution in [0.15, 0.2) is 67.3 Å².